The molecule has 0 spiro atoms. The number of amides is 4. The number of rotatable bonds is 35. The van der Waals surface area contributed by atoms with E-state index < -0.39 is 89.1 Å². The summed E-state index contributed by atoms with van der Waals surface area (Å²) in [4.78, 5) is 110. The predicted molar refractivity (Wildman–Crippen MR) is 604 cm³/mol. The molecule has 6 aromatic rings. The number of esters is 6. The van der Waals surface area contributed by atoms with E-state index in [9.17, 15) is 73.5 Å². The van der Waals surface area contributed by atoms with Crippen LogP contribution in [0.15, 0.2) is 156 Å². The van der Waals surface area contributed by atoms with E-state index >= 15 is 0 Å². The topological polar surface area (TPSA) is 330 Å². The number of carbonyl (C=O) groups excluding carboxylic acids is 9. The number of aryl methyl sites for hydroxylation is 1. The van der Waals surface area contributed by atoms with Gasteiger partial charge < -0.3 is 38.1 Å². The van der Waals surface area contributed by atoms with E-state index in [1.807, 2.05) is 132 Å². The zero-order valence-corrected chi connectivity index (χ0v) is 96.7. The van der Waals surface area contributed by atoms with Gasteiger partial charge in [-0.05, 0) is 222 Å². The van der Waals surface area contributed by atoms with Gasteiger partial charge in [-0.3, -0.25) is 59.4 Å². The highest BCUT2D eigenvalue weighted by Crippen LogP contribution is 2.35. The van der Waals surface area contributed by atoms with Gasteiger partial charge in [0, 0.05) is 52.9 Å². The van der Waals surface area contributed by atoms with Crippen LogP contribution in [0.5, 0.6) is 0 Å². The first kappa shape index (κ1) is 133. The Hall–Kier alpha value is -9.38. The number of hydrogen-bond acceptors (Lipinski definition) is 36. The van der Waals surface area contributed by atoms with Crippen molar-refractivity contribution < 1.29 is 107 Å². The molecular weight excluding hydrogens is 2150 g/mol. The third kappa shape index (κ3) is 44.4. The molecule has 0 heterocycles. The maximum atomic E-state index is 13.4. The highest BCUT2D eigenvalue weighted by atomic mass is 32.2. The van der Waals surface area contributed by atoms with Crippen LogP contribution in [-0.2, 0) is 76.7 Å². The Morgan fingerprint density at radius 2 is 0.733 bits per heavy atom. The molecule has 1 saturated carbocycles. The number of hydrazine groups is 5. The first-order valence-corrected chi connectivity index (χ1v) is 55.3. The zero-order valence-electron chi connectivity index (χ0n) is 86.1. The van der Waals surface area contributed by atoms with Crippen LogP contribution >= 0.6 is 144 Å². The SMILES string of the molecule is CCOC(=O)C(C)SC(=S)N(C(=O)OCC)N(C)c1ccccc1.CCOC(=O)C(C)SC(=S)N(C(C)=O)N(C)c1ccccc1.CCOC(=O)C(C)SC(=S)N(N(C)c1ccccc1)S(=O)(=O)c1ccc(C)cc1.CCOC(=O)C(C)SC(=S)N(N=C(C)C)c1ccccc1.CCOC(=O)C(C)SC(=S)N(NC1C(C)CCCC1C)C(=O)N(CC)CC.CCOC(=O)C(C)SC(=S)NNc1c(F)c(F)c(F)c(F)c1F. The van der Waals surface area contributed by atoms with Gasteiger partial charge in [-0.2, -0.15) is 22.9 Å². The molecule has 0 saturated heterocycles. The summed E-state index contributed by atoms with van der Waals surface area (Å²) in [5, 5.41) is 11.7. The molecule has 0 bridgehead atoms. The lowest BCUT2D eigenvalue weighted by Crippen LogP contribution is -2.58. The van der Waals surface area contributed by atoms with Crippen molar-refractivity contribution in [1.29, 1.82) is 0 Å². The van der Waals surface area contributed by atoms with Crippen molar-refractivity contribution in [2.24, 2.45) is 16.9 Å². The lowest BCUT2D eigenvalue weighted by atomic mass is 9.79. The Morgan fingerprint density at radius 1 is 0.418 bits per heavy atom. The van der Waals surface area contributed by atoms with Gasteiger partial charge in [-0.1, -0.05) is 242 Å². The molecule has 31 nitrogen and oxygen atoms in total. The Labute approximate surface area is 912 Å². The van der Waals surface area contributed by atoms with Crippen molar-refractivity contribution in [3.8, 4) is 0 Å². The number of urea groups is 1. The summed E-state index contributed by atoms with van der Waals surface area (Å²) in [5.74, 6) is -12.2. The summed E-state index contributed by atoms with van der Waals surface area (Å²) < 4.78 is 130. The van der Waals surface area contributed by atoms with Crippen LogP contribution in [0.1, 0.15) is 163 Å². The number of hydrogen-bond donors (Lipinski definition) is 3. The van der Waals surface area contributed by atoms with E-state index in [2.05, 4.69) is 29.8 Å². The number of nitrogens with one attached hydrogen (secondary N) is 3. The second kappa shape index (κ2) is 69.8. The second-order valence-corrected chi connectivity index (χ2v) is 44.5. The molecule has 8 atom stereocenters. The number of nitrogens with zero attached hydrogens (tertiary/aromatic N) is 10. The quantitative estimate of drug-likeness (QED) is 0.00486. The summed E-state index contributed by atoms with van der Waals surface area (Å²) >= 11 is 38.3. The Morgan fingerprint density at radius 3 is 1.08 bits per heavy atom. The molecule has 1 aliphatic carbocycles. The maximum Gasteiger partial charge on any atom is 0.434 e. The number of halogens is 5. The van der Waals surface area contributed by atoms with Crippen LogP contribution in [-0.4, -0.2) is 236 Å². The molecule has 6 aromatic carbocycles. The van der Waals surface area contributed by atoms with Crippen molar-refractivity contribution in [2.75, 3.05) is 106 Å². The van der Waals surface area contributed by atoms with Crippen LogP contribution in [0.25, 0.3) is 0 Å². The first-order chi connectivity index (χ1) is 68.9. The Kier molecular flexibility index (Phi) is 63.4. The molecule has 146 heavy (non-hydrogen) atoms. The number of thiocarbonyl (C=S) groups is 6. The summed E-state index contributed by atoms with van der Waals surface area (Å²) in [5.41, 5.74) is 10.9. The molecule has 3 N–H and O–H groups in total. The Bertz CT molecular complexity index is 5350. The summed E-state index contributed by atoms with van der Waals surface area (Å²) in [6, 6.07) is 43.8. The van der Waals surface area contributed by atoms with Gasteiger partial charge >= 0.3 is 47.9 Å². The number of hydrazone groups is 1. The fourth-order valence-corrected chi connectivity index (χ4v) is 22.0. The molecule has 8 unspecified atom stereocenters. The fourth-order valence-electron chi connectivity index (χ4n) is 12.2. The summed E-state index contributed by atoms with van der Waals surface area (Å²) in [7, 11) is 1.06. The monoisotopic (exact) mass is 2280 g/mol. The number of anilines is 5. The number of para-hydroxylation sites is 4. The van der Waals surface area contributed by atoms with E-state index in [1.54, 1.807) is 178 Å². The molecule has 0 radical (unpaired) electrons. The van der Waals surface area contributed by atoms with Crippen molar-refractivity contribution in [3.05, 3.63) is 180 Å². The van der Waals surface area contributed by atoms with Gasteiger partial charge in [-0.15, -0.1) is 0 Å². The molecule has 7 rings (SSSR count). The zero-order chi connectivity index (χ0) is 111. The minimum Gasteiger partial charge on any atom is -0.465 e. The van der Waals surface area contributed by atoms with Crippen LogP contribution in [0.3, 0.4) is 0 Å². The van der Waals surface area contributed by atoms with Crippen molar-refractivity contribution in [3.63, 3.8) is 0 Å². The number of sulfonamides is 1. The average molecular weight is 2280 g/mol. The van der Waals surface area contributed by atoms with E-state index in [0.717, 1.165) is 92.6 Å². The van der Waals surface area contributed by atoms with E-state index in [0.29, 0.717) is 70.0 Å². The van der Waals surface area contributed by atoms with Gasteiger partial charge in [0.05, 0.1) is 73.9 Å². The molecule has 49 heteroatoms. The van der Waals surface area contributed by atoms with Gasteiger partial charge in [-0.25, -0.2) is 52.0 Å². The molecule has 1 aliphatic rings. The van der Waals surface area contributed by atoms with Gasteiger partial charge in [0.25, 0.3) is 10.0 Å². The third-order valence-corrected chi connectivity index (χ3v) is 29.8. The normalized spacial score (nSPS) is 13.8. The van der Waals surface area contributed by atoms with Crippen LogP contribution < -0.4 is 36.3 Å². The van der Waals surface area contributed by atoms with Crippen molar-refractivity contribution in [2.45, 2.75) is 207 Å². The van der Waals surface area contributed by atoms with Crippen LogP contribution in [0.4, 0.5) is 60.0 Å². The number of benzene rings is 6. The van der Waals surface area contributed by atoms with E-state index in [4.69, 9.17) is 106 Å². The highest BCUT2D eigenvalue weighted by Gasteiger charge is 2.38. The van der Waals surface area contributed by atoms with Crippen LogP contribution in [0.2, 0.25) is 0 Å². The molecule has 1 fully saturated rings. The minimum atomic E-state index is -4.00. The van der Waals surface area contributed by atoms with Crippen LogP contribution in [0, 0.1) is 47.8 Å². The lowest BCUT2D eigenvalue weighted by molar-refractivity contribution is -0.143. The maximum absolute atomic E-state index is 13.4. The molecule has 4 amide bonds. The number of thioether (sulfide) groups is 6. The molecular formula is C97H132F5N13O18S13. The smallest absolute Gasteiger partial charge is 0.434 e. The standard InChI is InChI=1S/C20H24N2O4S3.C19H35N3O3S2.C16H22N2O4S2.C15H20N2O3S2.C15H20N2O2S2.C12H11F5N2O2S2/c1-5-26-19(23)16(3)28-20(27)22(21(4)17-9-7-6-8-10-17)29(24,25)18-13-11-15(2)12-14-18;1-7-21(8-2)18(24)22(19(26)27-15(6)17(23)25-9-3)20-16-13(4)11-10-12-14(16)5;1-5-21-14(19)12(3)24-16(23)18(15(20)22-6-2)17(4)13-10-8-7-9-11-13;1-5-20-14(19)11(2)22-15(21)17(12(3)18)16(4)13-9-7-6-8-10-13;1-5-19-14(18)12(4)21-15(20)17(16-11(2)3)13-9-7-6-8-10-13;1-3-21-11(20)4(2)23-12(22)19-18-10-8(16)6(14)5(13)7(15)9(10)17/h6-14,16H,5H2,1-4H3;13-16,20H,7-12H2,1-6H3;7-12H,5-6H2,1-4H3;6-11H,5H2,1-4H3;6-10,12H,5H2,1-4H3;4,18H,3H2,1-2H3,(H,19,22). The first-order valence-electron chi connectivity index (χ1n) is 46.1. The van der Waals surface area contributed by atoms with E-state index in [1.165, 1.54) is 63.8 Å². The largest absolute Gasteiger partial charge is 0.465 e. The second-order valence-electron chi connectivity index (χ2n) is 30.9. The van der Waals surface area contributed by atoms with E-state index in [-0.39, 0.29) is 84.8 Å². The van der Waals surface area contributed by atoms with Crippen molar-refractivity contribution >= 4 is 268 Å². The van der Waals surface area contributed by atoms with Gasteiger partial charge in [0.1, 0.15) is 37.2 Å². The van der Waals surface area contributed by atoms with Gasteiger partial charge in [0.2, 0.25) is 11.7 Å². The third-order valence-electron chi connectivity index (χ3n) is 19.6. The average Bonchev–Trinajstić information content (AvgIpc) is 0.779. The summed E-state index contributed by atoms with van der Waals surface area (Å²) in [6.45, 7) is 40.7. The highest BCUT2D eigenvalue weighted by molar-refractivity contribution is 8.26. The lowest BCUT2D eigenvalue weighted by Gasteiger charge is -2.40. The number of ether oxygens (including phenoxy) is 7. The van der Waals surface area contributed by atoms with Gasteiger partial charge in [0.15, 0.2) is 49.2 Å². The molecule has 806 valence electrons. The predicted octanol–water partition coefficient (Wildman–Crippen LogP) is 21.5. The van der Waals surface area contributed by atoms with Crippen molar-refractivity contribution in [1.82, 2.24) is 35.2 Å². The minimum absolute atomic E-state index is 0.0254. The number of carbonyl (C=O) groups is 9. The fraction of sp³-hybridized carbons (Fsp3) is 0.464. The summed E-state index contributed by atoms with van der Waals surface area (Å²) in [6.07, 6.45) is 2.88. The molecule has 0 aliphatic heterocycles. The molecule has 0 aromatic heterocycles. The Balaban J connectivity index is 0.000000594.